The van der Waals surface area contributed by atoms with Crippen molar-refractivity contribution < 1.29 is 13.5 Å². The zero-order valence-electron chi connectivity index (χ0n) is 13.5. The van der Waals surface area contributed by atoms with Crippen molar-refractivity contribution in [1.82, 2.24) is 10.2 Å². The van der Waals surface area contributed by atoms with E-state index in [0.717, 1.165) is 37.5 Å². The fourth-order valence-electron chi connectivity index (χ4n) is 3.07. The van der Waals surface area contributed by atoms with Crippen LogP contribution in [0.3, 0.4) is 0 Å². The molecule has 1 N–H and O–H groups in total. The van der Waals surface area contributed by atoms with Crippen molar-refractivity contribution in [2.75, 3.05) is 26.2 Å². The first-order valence-electron chi connectivity index (χ1n) is 8.28. The van der Waals surface area contributed by atoms with Gasteiger partial charge in [0.05, 0.1) is 0 Å². The van der Waals surface area contributed by atoms with Crippen LogP contribution >= 0.6 is 0 Å². The van der Waals surface area contributed by atoms with E-state index >= 15 is 0 Å². The van der Waals surface area contributed by atoms with Crippen molar-refractivity contribution in [2.24, 2.45) is 0 Å². The van der Waals surface area contributed by atoms with Gasteiger partial charge in [0.1, 0.15) is 11.5 Å². The molecule has 1 atom stereocenters. The first-order valence-corrected chi connectivity index (χ1v) is 8.28. The Morgan fingerprint density at radius 3 is 2.38 bits per heavy atom. The van der Waals surface area contributed by atoms with Crippen molar-refractivity contribution in [1.29, 1.82) is 0 Å². The summed E-state index contributed by atoms with van der Waals surface area (Å²) in [6, 6.07) is 16.7. The lowest BCUT2D eigenvalue weighted by molar-refractivity contribution is 0.0738. The lowest BCUT2D eigenvalue weighted by atomic mass is 10.0. The van der Waals surface area contributed by atoms with Crippen LogP contribution in [0.5, 0.6) is 11.5 Å². The average molecular weight is 332 g/mol. The molecule has 0 amide bonds. The summed E-state index contributed by atoms with van der Waals surface area (Å²) in [5.74, 6) is 1.41. The number of rotatable bonds is 6. The van der Waals surface area contributed by atoms with Gasteiger partial charge in [0.25, 0.3) is 0 Å². The third-order valence-corrected chi connectivity index (χ3v) is 4.22. The number of ether oxygens (including phenoxy) is 1. The summed E-state index contributed by atoms with van der Waals surface area (Å²) in [4.78, 5) is 2.13. The number of nitrogens with zero attached hydrogens (tertiary/aromatic N) is 1. The Morgan fingerprint density at radius 2 is 1.67 bits per heavy atom. The number of nitrogens with one attached hydrogen (secondary N) is 1. The number of piperazine rings is 1. The van der Waals surface area contributed by atoms with Crippen LogP contribution in [0.15, 0.2) is 54.6 Å². The standard InChI is InChI=1S/C19H22F2N2O/c20-19(21)14-18(23-11-9-22-10-12-23)15-5-4-8-17(13-15)24-16-6-2-1-3-7-16/h1-8,13,18-19,22H,9-12,14H2/t18-/m1/s1. The van der Waals surface area contributed by atoms with Gasteiger partial charge in [0, 0.05) is 38.6 Å². The molecule has 0 bridgehead atoms. The van der Waals surface area contributed by atoms with Crippen molar-refractivity contribution in [2.45, 2.75) is 18.9 Å². The van der Waals surface area contributed by atoms with E-state index < -0.39 is 6.43 Å². The molecule has 1 saturated heterocycles. The highest BCUT2D eigenvalue weighted by molar-refractivity contribution is 5.35. The molecule has 2 aromatic carbocycles. The van der Waals surface area contributed by atoms with E-state index in [4.69, 9.17) is 4.74 Å². The molecule has 3 nitrogen and oxygen atoms in total. The third-order valence-electron chi connectivity index (χ3n) is 4.22. The maximum absolute atomic E-state index is 13.1. The van der Waals surface area contributed by atoms with Crippen LogP contribution in [0, 0.1) is 0 Å². The molecular formula is C19H22F2N2O. The molecule has 5 heteroatoms. The van der Waals surface area contributed by atoms with E-state index in [1.807, 2.05) is 54.6 Å². The van der Waals surface area contributed by atoms with Gasteiger partial charge in [-0.05, 0) is 29.8 Å². The number of halogens is 2. The summed E-state index contributed by atoms with van der Waals surface area (Å²) in [5, 5.41) is 3.26. The number of hydrogen-bond donors (Lipinski definition) is 1. The summed E-state index contributed by atoms with van der Waals surface area (Å²) in [6.07, 6.45) is -2.49. The first-order chi connectivity index (χ1) is 11.7. The number of hydrogen-bond acceptors (Lipinski definition) is 3. The molecule has 0 unspecified atom stereocenters. The van der Waals surface area contributed by atoms with Crippen molar-refractivity contribution in [3.8, 4) is 11.5 Å². The Morgan fingerprint density at radius 1 is 0.958 bits per heavy atom. The summed E-state index contributed by atoms with van der Waals surface area (Å²) in [7, 11) is 0. The third kappa shape index (κ3) is 4.52. The molecular weight excluding hydrogens is 310 g/mol. The Hall–Kier alpha value is -1.98. The van der Waals surface area contributed by atoms with Gasteiger partial charge in [-0.1, -0.05) is 30.3 Å². The molecule has 24 heavy (non-hydrogen) atoms. The number of alkyl halides is 2. The molecule has 2 aromatic rings. The van der Waals surface area contributed by atoms with Crippen molar-refractivity contribution in [3.05, 3.63) is 60.2 Å². The van der Waals surface area contributed by atoms with Crippen LogP contribution in [0.4, 0.5) is 8.78 Å². The lowest BCUT2D eigenvalue weighted by Crippen LogP contribution is -2.45. The second-order valence-electron chi connectivity index (χ2n) is 5.92. The summed E-state index contributed by atoms with van der Waals surface area (Å²) in [6.45, 7) is 3.22. The maximum atomic E-state index is 13.1. The van der Waals surface area contributed by atoms with Gasteiger partial charge in [0.15, 0.2) is 0 Å². The van der Waals surface area contributed by atoms with Crippen LogP contribution in [0.1, 0.15) is 18.0 Å². The Bertz CT molecular complexity index is 630. The Labute approximate surface area is 141 Å². The normalized spacial score (nSPS) is 17.0. The highest BCUT2D eigenvalue weighted by Crippen LogP contribution is 2.31. The molecule has 1 aliphatic rings. The van der Waals surface area contributed by atoms with E-state index in [9.17, 15) is 8.78 Å². The average Bonchev–Trinajstić information content (AvgIpc) is 2.61. The molecule has 128 valence electrons. The summed E-state index contributed by atoms with van der Waals surface area (Å²) < 4.78 is 32.0. The molecule has 0 spiro atoms. The Kier molecular flexibility index (Phi) is 5.77. The predicted molar refractivity (Wildman–Crippen MR) is 90.8 cm³/mol. The highest BCUT2D eigenvalue weighted by Gasteiger charge is 2.25. The molecule has 0 radical (unpaired) electrons. The van der Waals surface area contributed by atoms with Crippen LogP contribution in [-0.2, 0) is 0 Å². The molecule has 1 aliphatic heterocycles. The van der Waals surface area contributed by atoms with E-state index in [0.29, 0.717) is 5.75 Å². The molecule has 0 saturated carbocycles. The quantitative estimate of drug-likeness (QED) is 0.863. The van der Waals surface area contributed by atoms with E-state index in [1.54, 1.807) is 0 Å². The second kappa shape index (κ2) is 8.22. The fourth-order valence-corrected chi connectivity index (χ4v) is 3.07. The minimum Gasteiger partial charge on any atom is -0.457 e. The number of para-hydroxylation sites is 1. The van der Waals surface area contributed by atoms with Crippen LogP contribution < -0.4 is 10.1 Å². The molecule has 0 aliphatic carbocycles. The van der Waals surface area contributed by atoms with E-state index in [2.05, 4.69) is 10.2 Å². The van der Waals surface area contributed by atoms with E-state index in [-0.39, 0.29) is 12.5 Å². The minimum atomic E-state index is -2.33. The van der Waals surface area contributed by atoms with Gasteiger partial charge in [-0.3, -0.25) is 4.90 Å². The second-order valence-corrected chi connectivity index (χ2v) is 5.92. The smallest absolute Gasteiger partial charge is 0.240 e. The molecule has 0 aromatic heterocycles. The monoisotopic (exact) mass is 332 g/mol. The molecule has 1 fully saturated rings. The zero-order chi connectivity index (χ0) is 16.8. The SMILES string of the molecule is FC(F)C[C@H](c1cccc(Oc2ccccc2)c1)N1CCNCC1. The zero-order valence-corrected chi connectivity index (χ0v) is 13.5. The van der Waals surface area contributed by atoms with E-state index in [1.165, 1.54) is 0 Å². The fraction of sp³-hybridized carbons (Fsp3) is 0.368. The largest absolute Gasteiger partial charge is 0.457 e. The lowest BCUT2D eigenvalue weighted by Gasteiger charge is -2.35. The molecule has 1 heterocycles. The summed E-state index contributed by atoms with van der Waals surface area (Å²) >= 11 is 0. The van der Waals surface area contributed by atoms with Gasteiger partial charge < -0.3 is 10.1 Å². The number of benzene rings is 2. The van der Waals surface area contributed by atoms with Crippen LogP contribution in [-0.4, -0.2) is 37.5 Å². The topological polar surface area (TPSA) is 24.5 Å². The minimum absolute atomic E-state index is 0.158. The van der Waals surface area contributed by atoms with Crippen molar-refractivity contribution in [3.63, 3.8) is 0 Å². The maximum Gasteiger partial charge on any atom is 0.240 e. The Balaban J connectivity index is 1.80. The molecule has 3 rings (SSSR count). The van der Waals surface area contributed by atoms with Gasteiger partial charge in [-0.15, -0.1) is 0 Å². The summed E-state index contributed by atoms with van der Waals surface area (Å²) in [5.41, 5.74) is 0.880. The van der Waals surface area contributed by atoms with Gasteiger partial charge in [-0.2, -0.15) is 0 Å². The first kappa shape index (κ1) is 16.9. The van der Waals surface area contributed by atoms with Gasteiger partial charge in [0.2, 0.25) is 6.43 Å². The predicted octanol–water partition coefficient (Wildman–Crippen LogP) is 4.08. The van der Waals surface area contributed by atoms with Gasteiger partial charge >= 0.3 is 0 Å². The van der Waals surface area contributed by atoms with Crippen molar-refractivity contribution >= 4 is 0 Å². The van der Waals surface area contributed by atoms with Gasteiger partial charge in [-0.25, -0.2) is 8.78 Å². The van der Waals surface area contributed by atoms with Crippen LogP contribution in [0.2, 0.25) is 0 Å². The highest BCUT2D eigenvalue weighted by atomic mass is 19.3. The van der Waals surface area contributed by atoms with Crippen LogP contribution in [0.25, 0.3) is 0 Å².